The van der Waals surface area contributed by atoms with Gasteiger partial charge in [-0.2, -0.15) is 0 Å². The van der Waals surface area contributed by atoms with Gasteiger partial charge >= 0.3 is 5.88 Å². The number of amidine groups is 1. The van der Waals surface area contributed by atoms with E-state index in [4.69, 9.17) is 9.41 Å². The molecule has 1 saturated heterocycles. The Kier molecular flexibility index (Phi) is 4.94. The maximum atomic E-state index is 12.6. The molecular weight excluding hydrogens is 354 g/mol. The molecule has 1 fully saturated rings. The minimum absolute atomic E-state index is 0.193. The van der Waals surface area contributed by atoms with Gasteiger partial charge in [0.15, 0.2) is 5.17 Å². The molecule has 0 spiro atoms. The summed E-state index contributed by atoms with van der Waals surface area (Å²) in [6, 6.07) is 8.65. The minimum Gasteiger partial charge on any atom is -0.401 e. The standard InChI is InChI=1S/C18H17N3O4S/c1-4-20-17(22)14(10-13-8-9-15(25-13)21(23)24)26-18(20)19-16-11(2)6-5-7-12(16)3/h5-10H,4H2,1-3H3/b14-10+,19-18?. The Balaban J connectivity index is 1.96. The molecule has 0 saturated carbocycles. The first-order valence-electron chi connectivity index (χ1n) is 8.01. The van der Waals surface area contributed by atoms with E-state index >= 15 is 0 Å². The predicted molar refractivity (Wildman–Crippen MR) is 101 cm³/mol. The summed E-state index contributed by atoms with van der Waals surface area (Å²) in [4.78, 5) is 29.4. The van der Waals surface area contributed by atoms with E-state index in [0.717, 1.165) is 16.8 Å². The minimum atomic E-state index is -0.613. The topological polar surface area (TPSA) is 89.0 Å². The largest absolute Gasteiger partial charge is 0.433 e. The first-order valence-corrected chi connectivity index (χ1v) is 8.83. The lowest BCUT2D eigenvalue weighted by Gasteiger charge is -2.13. The van der Waals surface area contributed by atoms with Crippen LogP contribution in [0.25, 0.3) is 6.08 Å². The number of para-hydroxylation sites is 1. The van der Waals surface area contributed by atoms with Crippen LogP contribution in [0.3, 0.4) is 0 Å². The Morgan fingerprint density at radius 3 is 2.54 bits per heavy atom. The third-order valence-corrected chi connectivity index (χ3v) is 4.92. The van der Waals surface area contributed by atoms with Crippen molar-refractivity contribution in [3.8, 4) is 0 Å². The molecule has 134 valence electrons. The molecule has 1 aromatic heterocycles. The van der Waals surface area contributed by atoms with Crippen LogP contribution in [0, 0.1) is 24.0 Å². The highest BCUT2D eigenvalue weighted by Gasteiger charge is 2.33. The molecule has 3 rings (SSSR count). The van der Waals surface area contributed by atoms with Crippen molar-refractivity contribution in [2.24, 2.45) is 4.99 Å². The van der Waals surface area contributed by atoms with E-state index < -0.39 is 4.92 Å². The van der Waals surface area contributed by atoms with Gasteiger partial charge in [0.25, 0.3) is 5.91 Å². The summed E-state index contributed by atoms with van der Waals surface area (Å²) in [5.41, 5.74) is 2.90. The van der Waals surface area contributed by atoms with Crippen LogP contribution in [0.1, 0.15) is 23.8 Å². The van der Waals surface area contributed by atoms with Crippen molar-refractivity contribution in [3.63, 3.8) is 0 Å². The molecule has 2 aromatic rings. The van der Waals surface area contributed by atoms with Gasteiger partial charge in [-0.1, -0.05) is 18.2 Å². The molecule has 2 heterocycles. The van der Waals surface area contributed by atoms with Crippen LogP contribution in [0.5, 0.6) is 0 Å². The van der Waals surface area contributed by atoms with Crippen molar-refractivity contribution in [3.05, 3.63) is 62.2 Å². The van der Waals surface area contributed by atoms with E-state index in [-0.39, 0.29) is 17.6 Å². The van der Waals surface area contributed by atoms with Gasteiger partial charge in [-0.25, -0.2) is 4.99 Å². The monoisotopic (exact) mass is 371 g/mol. The molecule has 1 aliphatic rings. The van der Waals surface area contributed by atoms with E-state index in [1.807, 2.05) is 39.0 Å². The predicted octanol–water partition coefficient (Wildman–Crippen LogP) is 4.43. The van der Waals surface area contributed by atoms with Crippen molar-refractivity contribution >= 4 is 40.5 Å². The number of nitrogens with zero attached hydrogens (tertiary/aromatic N) is 3. The number of likely N-dealkylation sites (N-methyl/N-ethyl adjacent to an activating group) is 1. The fraction of sp³-hybridized carbons (Fsp3) is 0.222. The van der Waals surface area contributed by atoms with Gasteiger partial charge < -0.3 is 4.42 Å². The van der Waals surface area contributed by atoms with Crippen molar-refractivity contribution in [2.45, 2.75) is 20.8 Å². The van der Waals surface area contributed by atoms with Gasteiger partial charge in [-0.05, 0) is 49.7 Å². The first-order chi connectivity index (χ1) is 12.4. The molecule has 0 N–H and O–H groups in total. The molecule has 8 heteroatoms. The lowest BCUT2D eigenvalue weighted by molar-refractivity contribution is -0.402. The number of carbonyl (C=O) groups is 1. The van der Waals surface area contributed by atoms with Crippen molar-refractivity contribution in [1.29, 1.82) is 0 Å². The summed E-state index contributed by atoms with van der Waals surface area (Å²) in [5, 5.41) is 11.3. The molecule has 1 aliphatic heterocycles. The molecule has 1 amide bonds. The zero-order chi connectivity index (χ0) is 18.8. The van der Waals surface area contributed by atoms with E-state index in [1.54, 1.807) is 4.90 Å². The normalized spacial score (nSPS) is 17.5. The zero-order valence-electron chi connectivity index (χ0n) is 14.6. The lowest BCUT2D eigenvalue weighted by atomic mass is 10.1. The van der Waals surface area contributed by atoms with Crippen LogP contribution >= 0.6 is 11.8 Å². The lowest BCUT2D eigenvalue weighted by Crippen LogP contribution is -2.28. The van der Waals surface area contributed by atoms with Gasteiger partial charge in [0.1, 0.15) is 10.7 Å². The summed E-state index contributed by atoms with van der Waals surface area (Å²) >= 11 is 1.23. The average Bonchev–Trinajstić information content (AvgIpc) is 3.17. The van der Waals surface area contributed by atoms with Crippen molar-refractivity contribution in [2.75, 3.05) is 6.54 Å². The number of rotatable bonds is 4. The van der Waals surface area contributed by atoms with E-state index in [2.05, 4.69) is 0 Å². The summed E-state index contributed by atoms with van der Waals surface area (Å²) in [6.45, 7) is 6.30. The Hall–Kier alpha value is -2.87. The van der Waals surface area contributed by atoms with Crippen molar-refractivity contribution in [1.82, 2.24) is 4.90 Å². The van der Waals surface area contributed by atoms with Gasteiger partial charge in [-0.3, -0.25) is 19.8 Å². The molecule has 0 radical (unpaired) electrons. The number of aryl methyl sites for hydroxylation is 2. The Bertz CT molecular complexity index is 925. The SMILES string of the molecule is CCN1C(=O)/C(=C\c2ccc([N+](=O)[O-])o2)SC1=Nc1c(C)cccc1C. The van der Waals surface area contributed by atoms with Crippen LogP contribution in [-0.4, -0.2) is 27.4 Å². The first kappa shape index (κ1) is 17.9. The fourth-order valence-electron chi connectivity index (χ4n) is 2.60. The summed E-state index contributed by atoms with van der Waals surface area (Å²) in [5.74, 6) is -0.289. The highest BCUT2D eigenvalue weighted by molar-refractivity contribution is 8.18. The number of nitro groups is 1. The molecule has 0 unspecified atom stereocenters. The molecule has 0 aliphatic carbocycles. The van der Waals surface area contributed by atoms with E-state index in [0.29, 0.717) is 16.6 Å². The van der Waals surface area contributed by atoms with Crippen LogP contribution in [0.4, 0.5) is 11.6 Å². The van der Waals surface area contributed by atoms with Crippen LogP contribution in [-0.2, 0) is 4.79 Å². The zero-order valence-corrected chi connectivity index (χ0v) is 15.4. The number of carbonyl (C=O) groups excluding carboxylic acids is 1. The second-order valence-corrected chi connectivity index (χ2v) is 6.74. The smallest absolute Gasteiger partial charge is 0.401 e. The Morgan fingerprint density at radius 1 is 1.27 bits per heavy atom. The quantitative estimate of drug-likeness (QED) is 0.451. The molecule has 0 bridgehead atoms. The van der Waals surface area contributed by atoms with E-state index in [9.17, 15) is 14.9 Å². The van der Waals surface area contributed by atoms with Gasteiger partial charge in [-0.15, -0.1) is 0 Å². The second-order valence-electron chi connectivity index (χ2n) is 5.73. The van der Waals surface area contributed by atoms with Crippen molar-refractivity contribution < 1.29 is 14.1 Å². The van der Waals surface area contributed by atoms with Gasteiger partial charge in [0, 0.05) is 12.6 Å². The number of amides is 1. The van der Waals surface area contributed by atoms with Crippen LogP contribution < -0.4 is 0 Å². The maximum Gasteiger partial charge on any atom is 0.433 e. The highest BCUT2D eigenvalue weighted by Crippen LogP contribution is 2.35. The molecular formula is C18H17N3O4S. The number of aliphatic imine (C=N–C) groups is 1. The Morgan fingerprint density at radius 2 is 1.96 bits per heavy atom. The second kappa shape index (κ2) is 7.17. The average molecular weight is 371 g/mol. The Labute approximate surface area is 154 Å². The van der Waals surface area contributed by atoms with Gasteiger partial charge in [0.2, 0.25) is 0 Å². The molecule has 0 atom stereocenters. The summed E-state index contributed by atoms with van der Waals surface area (Å²) in [6.07, 6.45) is 1.51. The summed E-state index contributed by atoms with van der Waals surface area (Å²) in [7, 11) is 0. The highest BCUT2D eigenvalue weighted by atomic mass is 32.2. The number of benzene rings is 1. The fourth-order valence-corrected chi connectivity index (χ4v) is 3.62. The van der Waals surface area contributed by atoms with Crippen LogP contribution in [0.2, 0.25) is 0 Å². The van der Waals surface area contributed by atoms with Crippen LogP contribution in [0.15, 0.2) is 44.6 Å². The molecule has 7 nitrogen and oxygen atoms in total. The number of furan rings is 1. The third-order valence-electron chi connectivity index (χ3n) is 3.92. The van der Waals surface area contributed by atoms with Gasteiger partial charge in [0.05, 0.1) is 16.7 Å². The molecule has 1 aromatic carbocycles. The number of thioether (sulfide) groups is 1. The summed E-state index contributed by atoms with van der Waals surface area (Å²) < 4.78 is 5.12. The third kappa shape index (κ3) is 3.41. The van der Waals surface area contributed by atoms with E-state index in [1.165, 1.54) is 30.0 Å². The number of hydrogen-bond acceptors (Lipinski definition) is 6. The molecule has 26 heavy (non-hydrogen) atoms. The number of hydrogen-bond donors (Lipinski definition) is 0. The maximum absolute atomic E-state index is 12.6.